The number of hydrazine groups is 1. The number of halogens is 2. The van der Waals surface area contributed by atoms with Crippen LogP contribution in [-0.4, -0.2) is 5.91 Å². The monoisotopic (exact) mass is 268 g/mol. The molecule has 0 radical (unpaired) electrons. The normalized spacial score (nSPS) is 10.3. The minimum atomic E-state index is -0.748. The third kappa shape index (κ3) is 3.08. The Bertz CT molecular complexity index is 578. The van der Waals surface area contributed by atoms with Crippen LogP contribution in [0.25, 0.3) is 0 Å². The second kappa shape index (κ2) is 5.49. The summed E-state index contributed by atoms with van der Waals surface area (Å²) < 4.78 is 36.0. The van der Waals surface area contributed by atoms with Crippen molar-refractivity contribution in [1.82, 2.24) is 5.43 Å². The maximum absolute atomic E-state index is 12.9. The standard InChI is InChI=1S/C12H10F2N2O3/c13-8-3-9(14)5-10(4-8)19-6-7-1-2-18-11(7)12(17)16-15/h1-5H,6,15H2,(H,16,17). The van der Waals surface area contributed by atoms with Crippen LogP contribution in [0.5, 0.6) is 5.75 Å². The van der Waals surface area contributed by atoms with Crippen LogP contribution >= 0.6 is 0 Å². The van der Waals surface area contributed by atoms with Gasteiger partial charge >= 0.3 is 5.91 Å². The first-order chi connectivity index (χ1) is 9.10. The molecule has 0 aliphatic rings. The fraction of sp³-hybridized carbons (Fsp3) is 0.0833. The van der Waals surface area contributed by atoms with E-state index >= 15 is 0 Å². The molecule has 0 atom stereocenters. The van der Waals surface area contributed by atoms with Crippen LogP contribution in [0.1, 0.15) is 16.1 Å². The van der Waals surface area contributed by atoms with E-state index in [4.69, 9.17) is 15.0 Å². The Labute approximate surface area is 106 Å². The lowest BCUT2D eigenvalue weighted by Crippen LogP contribution is -2.30. The van der Waals surface area contributed by atoms with E-state index in [2.05, 4.69) is 0 Å². The van der Waals surface area contributed by atoms with E-state index in [1.807, 2.05) is 5.43 Å². The summed E-state index contributed by atoms with van der Waals surface area (Å²) in [6, 6.07) is 4.30. The molecule has 1 aromatic heterocycles. The molecule has 5 nitrogen and oxygen atoms in total. The molecule has 19 heavy (non-hydrogen) atoms. The molecule has 7 heteroatoms. The second-order valence-electron chi connectivity index (χ2n) is 3.64. The van der Waals surface area contributed by atoms with Crippen molar-refractivity contribution in [3.63, 3.8) is 0 Å². The molecular weight excluding hydrogens is 258 g/mol. The number of nitrogens with two attached hydrogens (primary N) is 1. The van der Waals surface area contributed by atoms with Gasteiger partial charge in [0.2, 0.25) is 0 Å². The highest BCUT2D eigenvalue weighted by atomic mass is 19.1. The van der Waals surface area contributed by atoms with E-state index in [1.165, 1.54) is 12.3 Å². The molecule has 3 N–H and O–H groups in total. The van der Waals surface area contributed by atoms with Crippen LogP contribution in [0, 0.1) is 11.6 Å². The number of carbonyl (C=O) groups is 1. The number of nitrogen functional groups attached to an aromatic ring is 1. The number of amides is 1. The molecule has 100 valence electrons. The fourth-order valence-corrected chi connectivity index (χ4v) is 1.49. The van der Waals surface area contributed by atoms with Crippen LogP contribution in [0.2, 0.25) is 0 Å². The topological polar surface area (TPSA) is 77.5 Å². The summed E-state index contributed by atoms with van der Waals surface area (Å²) in [5.41, 5.74) is 2.33. The van der Waals surface area contributed by atoms with Gasteiger partial charge in [-0.05, 0) is 6.07 Å². The van der Waals surface area contributed by atoms with Gasteiger partial charge in [-0.1, -0.05) is 0 Å². The predicted octanol–water partition coefficient (Wildman–Crippen LogP) is 1.74. The Morgan fingerprint density at radius 1 is 1.32 bits per heavy atom. The minimum absolute atomic E-state index is 0.0119. The van der Waals surface area contributed by atoms with E-state index in [9.17, 15) is 13.6 Å². The van der Waals surface area contributed by atoms with Gasteiger partial charge in [-0.2, -0.15) is 0 Å². The molecule has 0 spiro atoms. The largest absolute Gasteiger partial charge is 0.489 e. The quantitative estimate of drug-likeness (QED) is 0.503. The van der Waals surface area contributed by atoms with Gasteiger partial charge in [0.15, 0.2) is 5.76 Å². The number of hydrogen-bond acceptors (Lipinski definition) is 4. The SMILES string of the molecule is NNC(=O)c1occc1COc1cc(F)cc(F)c1. The Morgan fingerprint density at radius 3 is 2.63 bits per heavy atom. The predicted molar refractivity (Wildman–Crippen MR) is 61.1 cm³/mol. The van der Waals surface area contributed by atoms with E-state index in [0.717, 1.165) is 18.2 Å². The molecule has 0 unspecified atom stereocenters. The fourth-order valence-electron chi connectivity index (χ4n) is 1.49. The van der Waals surface area contributed by atoms with Gasteiger partial charge in [-0.25, -0.2) is 14.6 Å². The van der Waals surface area contributed by atoms with Crippen LogP contribution in [0.4, 0.5) is 8.78 Å². The van der Waals surface area contributed by atoms with Crippen molar-refractivity contribution < 1.29 is 22.7 Å². The van der Waals surface area contributed by atoms with E-state index in [1.54, 1.807) is 0 Å². The third-order valence-corrected chi connectivity index (χ3v) is 2.31. The second-order valence-corrected chi connectivity index (χ2v) is 3.64. The van der Waals surface area contributed by atoms with Crippen LogP contribution in [0.3, 0.4) is 0 Å². The molecule has 1 amide bonds. The first kappa shape index (κ1) is 13.0. The summed E-state index contributed by atoms with van der Waals surface area (Å²) in [6.07, 6.45) is 1.29. The summed E-state index contributed by atoms with van der Waals surface area (Å²) >= 11 is 0. The molecule has 2 rings (SSSR count). The lowest BCUT2D eigenvalue weighted by molar-refractivity contribution is 0.0922. The van der Waals surface area contributed by atoms with Crippen molar-refractivity contribution in [2.45, 2.75) is 6.61 Å². The lowest BCUT2D eigenvalue weighted by atomic mass is 10.2. The highest BCUT2D eigenvalue weighted by Crippen LogP contribution is 2.18. The maximum atomic E-state index is 12.9. The summed E-state index contributed by atoms with van der Waals surface area (Å²) in [6.45, 7) is -0.0812. The van der Waals surface area contributed by atoms with Crippen molar-refractivity contribution in [2.75, 3.05) is 0 Å². The van der Waals surface area contributed by atoms with Crippen molar-refractivity contribution in [3.05, 3.63) is 53.5 Å². The highest BCUT2D eigenvalue weighted by Gasteiger charge is 2.14. The Hall–Kier alpha value is -2.41. The average molecular weight is 268 g/mol. The van der Waals surface area contributed by atoms with Crippen molar-refractivity contribution >= 4 is 5.91 Å². The molecular formula is C12H10F2N2O3. The molecule has 0 aliphatic carbocycles. The Balaban J connectivity index is 2.10. The highest BCUT2D eigenvalue weighted by molar-refractivity contribution is 5.92. The first-order valence-electron chi connectivity index (χ1n) is 5.26. The molecule has 0 saturated carbocycles. The molecule has 1 aromatic carbocycles. The lowest BCUT2D eigenvalue weighted by Gasteiger charge is -2.06. The number of carbonyl (C=O) groups excluding carboxylic acids is 1. The van der Waals surface area contributed by atoms with Gasteiger partial charge in [0.05, 0.1) is 6.26 Å². The zero-order chi connectivity index (χ0) is 13.8. The molecule has 0 fully saturated rings. The molecule has 0 aliphatic heterocycles. The third-order valence-electron chi connectivity index (χ3n) is 2.31. The van der Waals surface area contributed by atoms with Gasteiger partial charge < -0.3 is 9.15 Å². The molecule has 0 bridgehead atoms. The first-order valence-corrected chi connectivity index (χ1v) is 5.26. The minimum Gasteiger partial charge on any atom is -0.489 e. The number of hydrogen-bond donors (Lipinski definition) is 2. The van der Waals surface area contributed by atoms with Gasteiger partial charge in [0.1, 0.15) is 24.0 Å². The van der Waals surface area contributed by atoms with Crippen LogP contribution in [-0.2, 0) is 6.61 Å². The van der Waals surface area contributed by atoms with Gasteiger partial charge in [0, 0.05) is 23.8 Å². The van der Waals surface area contributed by atoms with E-state index in [-0.39, 0.29) is 18.1 Å². The summed E-state index contributed by atoms with van der Waals surface area (Å²) in [7, 11) is 0. The van der Waals surface area contributed by atoms with Gasteiger partial charge in [-0.3, -0.25) is 10.2 Å². The number of ether oxygens (including phenoxy) is 1. The van der Waals surface area contributed by atoms with Crippen molar-refractivity contribution in [1.29, 1.82) is 0 Å². The van der Waals surface area contributed by atoms with Gasteiger partial charge in [0.25, 0.3) is 0 Å². The number of nitrogens with one attached hydrogen (secondary N) is 1. The number of benzene rings is 1. The number of rotatable bonds is 4. The van der Waals surface area contributed by atoms with Crippen LogP contribution < -0.4 is 16.0 Å². The molecule has 1 heterocycles. The van der Waals surface area contributed by atoms with Crippen LogP contribution in [0.15, 0.2) is 34.9 Å². The van der Waals surface area contributed by atoms with Gasteiger partial charge in [-0.15, -0.1) is 0 Å². The van der Waals surface area contributed by atoms with Crippen molar-refractivity contribution in [2.24, 2.45) is 5.84 Å². The molecule has 0 saturated heterocycles. The summed E-state index contributed by atoms with van der Waals surface area (Å²) in [5.74, 6) is 2.86. The zero-order valence-electron chi connectivity index (χ0n) is 9.65. The van der Waals surface area contributed by atoms with E-state index in [0.29, 0.717) is 5.56 Å². The Morgan fingerprint density at radius 2 is 2.00 bits per heavy atom. The molecule has 2 aromatic rings. The smallest absolute Gasteiger partial charge is 0.301 e. The van der Waals surface area contributed by atoms with E-state index < -0.39 is 17.5 Å². The summed E-state index contributed by atoms with van der Waals surface area (Å²) in [5, 5.41) is 0. The zero-order valence-corrected chi connectivity index (χ0v) is 9.65. The average Bonchev–Trinajstić information content (AvgIpc) is 2.82. The summed E-state index contributed by atoms with van der Waals surface area (Å²) in [4.78, 5) is 11.3. The maximum Gasteiger partial charge on any atom is 0.301 e. The van der Waals surface area contributed by atoms with Crippen molar-refractivity contribution in [3.8, 4) is 5.75 Å². The Kier molecular flexibility index (Phi) is 3.76. The number of furan rings is 1.